The number of halogens is 1. The number of phenols is 1. The van der Waals surface area contributed by atoms with E-state index in [4.69, 9.17) is 11.6 Å². The van der Waals surface area contributed by atoms with Crippen molar-refractivity contribution in [2.45, 2.75) is 13.0 Å². The maximum Gasteiger partial charge on any atom is 0.332 e. The number of hydrogen-bond acceptors (Lipinski definition) is 5. The highest BCUT2D eigenvalue weighted by Gasteiger charge is 2.19. The summed E-state index contributed by atoms with van der Waals surface area (Å²) in [4.78, 5) is 29.9. The minimum atomic E-state index is -0.427. The number of rotatable bonds is 6. The molecule has 0 spiro atoms. The Bertz CT molecular complexity index is 1350. The molecule has 0 aliphatic heterocycles. The fourth-order valence-corrected chi connectivity index (χ4v) is 3.62. The molecule has 2 aromatic heterocycles. The van der Waals surface area contributed by atoms with E-state index < -0.39 is 11.2 Å². The third kappa shape index (κ3) is 4.06. The first-order valence-corrected chi connectivity index (χ1v) is 10.2. The number of aromatic hydroxyl groups is 1. The van der Waals surface area contributed by atoms with E-state index in [9.17, 15) is 14.7 Å². The smallest absolute Gasteiger partial charge is 0.332 e. The standard InChI is InChI=1S/C22H22ClN5O3/c1-26-19-18(20(30)27(2)22(26)31)28(13-15-3-7-16(23)8-4-15)21(25-19)24-12-11-14-5-9-17(29)10-6-14/h3-10,29H,11-13H2,1-2H3,(H,24,25). The molecule has 0 atom stereocenters. The Kier molecular flexibility index (Phi) is 5.56. The van der Waals surface area contributed by atoms with Gasteiger partial charge in [-0.25, -0.2) is 4.79 Å². The number of nitrogens with one attached hydrogen (secondary N) is 1. The summed E-state index contributed by atoms with van der Waals surface area (Å²) in [6.45, 7) is 0.950. The van der Waals surface area contributed by atoms with Gasteiger partial charge in [-0.1, -0.05) is 35.9 Å². The van der Waals surface area contributed by atoms with Gasteiger partial charge < -0.3 is 10.4 Å². The predicted molar refractivity (Wildman–Crippen MR) is 121 cm³/mol. The van der Waals surface area contributed by atoms with E-state index in [1.807, 2.05) is 24.3 Å². The zero-order chi connectivity index (χ0) is 22.1. The number of benzene rings is 2. The quantitative estimate of drug-likeness (QED) is 0.481. The molecule has 0 saturated heterocycles. The average molecular weight is 440 g/mol. The predicted octanol–water partition coefficient (Wildman–Crippen LogP) is 2.50. The van der Waals surface area contributed by atoms with Crippen molar-refractivity contribution in [3.8, 4) is 5.75 Å². The second-order valence-corrected chi connectivity index (χ2v) is 7.81. The first kappa shape index (κ1) is 20.7. The molecule has 160 valence electrons. The lowest BCUT2D eigenvalue weighted by Crippen LogP contribution is -2.37. The molecule has 31 heavy (non-hydrogen) atoms. The van der Waals surface area contributed by atoms with E-state index >= 15 is 0 Å². The topological polar surface area (TPSA) is 94.1 Å². The first-order valence-electron chi connectivity index (χ1n) is 9.77. The molecule has 2 heterocycles. The minimum absolute atomic E-state index is 0.221. The van der Waals surface area contributed by atoms with Crippen molar-refractivity contribution in [1.29, 1.82) is 0 Å². The normalized spacial score (nSPS) is 11.2. The molecular formula is C22H22ClN5O3. The summed E-state index contributed by atoms with van der Waals surface area (Å²) in [7, 11) is 3.06. The monoisotopic (exact) mass is 439 g/mol. The summed E-state index contributed by atoms with van der Waals surface area (Å²) in [6, 6.07) is 14.4. The van der Waals surface area contributed by atoms with Crippen LogP contribution < -0.4 is 16.6 Å². The van der Waals surface area contributed by atoms with Crippen molar-refractivity contribution in [3.63, 3.8) is 0 Å². The Morgan fingerprint density at radius 3 is 2.29 bits per heavy atom. The summed E-state index contributed by atoms with van der Waals surface area (Å²) < 4.78 is 4.25. The number of fused-ring (bicyclic) bond motifs is 1. The van der Waals surface area contributed by atoms with Crippen LogP contribution in [0.4, 0.5) is 5.95 Å². The Balaban J connectivity index is 1.73. The molecule has 0 fully saturated rings. The number of phenolic OH excluding ortho intramolecular Hbond substituents is 1. The van der Waals surface area contributed by atoms with E-state index in [1.54, 1.807) is 35.9 Å². The minimum Gasteiger partial charge on any atom is -0.508 e. The molecule has 4 aromatic rings. The zero-order valence-electron chi connectivity index (χ0n) is 17.2. The number of anilines is 1. The number of nitrogens with zero attached hydrogens (tertiary/aromatic N) is 4. The highest BCUT2D eigenvalue weighted by atomic mass is 35.5. The van der Waals surface area contributed by atoms with E-state index in [-0.39, 0.29) is 5.75 Å². The van der Waals surface area contributed by atoms with Gasteiger partial charge in [0.05, 0.1) is 6.54 Å². The Hall–Kier alpha value is -3.52. The molecule has 2 aromatic carbocycles. The number of aromatic nitrogens is 4. The van der Waals surface area contributed by atoms with Gasteiger partial charge in [0.15, 0.2) is 11.2 Å². The van der Waals surface area contributed by atoms with Crippen LogP contribution in [0.25, 0.3) is 11.2 Å². The van der Waals surface area contributed by atoms with Crippen LogP contribution in [-0.4, -0.2) is 30.3 Å². The van der Waals surface area contributed by atoms with Crippen LogP contribution in [-0.2, 0) is 27.1 Å². The van der Waals surface area contributed by atoms with Gasteiger partial charge in [0.2, 0.25) is 5.95 Å². The number of aryl methyl sites for hydroxylation is 1. The number of hydrogen-bond donors (Lipinski definition) is 2. The zero-order valence-corrected chi connectivity index (χ0v) is 17.9. The van der Waals surface area contributed by atoms with Gasteiger partial charge in [0, 0.05) is 25.7 Å². The molecule has 0 saturated carbocycles. The van der Waals surface area contributed by atoms with Crippen molar-refractivity contribution < 1.29 is 5.11 Å². The molecule has 2 N–H and O–H groups in total. The van der Waals surface area contributed by atoms with Gasteiger partial charge in [-0.05, 0) is 41.8 Å². The highest BCUT2D eigenvalue weighted by molar-refractivity contribution is 6.30. The maximum absolute atomic E-state index is 12.9. The van der Waals surface area contributed by atoms with Crippen molar-refractivity contribution in [2.24, 2.45) is 14.1 Å². The van der Waals surface area contributed by atoms with Crippen molar-refractivity contribution in [2.75, 3.05) is 11.9 Å². The molecule has 0 radical (unpaired) electrons. The number of imidazole rings is 1. The molecule has 0 unspecified atom stereocenters. The lowest BCUT2D eigenvalue weighted by Gasteiger charge is -2.11. The van der Waals surface area contributed by atoms with E-state index in [0.717, 1.165) is 15.7 Å². The summed E-state index contributed by atoms with van der Waals surface area (Å²) in [6.07, 6.45) is 0.696. The van der Waals surface area contributed by atoms with Crippen LogP contribution in [0.5, 0.6) is 5.75 Å². The summed E-state index contributed by atoms with van der Waals surface area (Å²) in [5.74, 6) is 0.722. The van der Waals surface area contributed by atoms with Crippen LogP contribution >= 0.6 is 11.6 Å². The van der Waals surface area contributed by atoms with Crippen LogP contribution in [0.1, 0.15) is 11.1 Å². The van der Waals surface area contributed by atoms with Gasteiger partial charge >= 0.3 is 5.69 Å². The van der Waals surface area contributed by atoms with Crippen LogP contribution in [0.3, 0.4) is 0 Å². The van der Waals surface area contributed by atoms with Crippen LogP contribution in [0.2, 0.25) is 5.02 Å². The van der Waals surface area contributed by atoms with Gasteiger partial charge in [-0.2, -0.15) is 4.98 Å². The molecule has 8 nitrogen and oxygen atoms in total. The molecule has 0 aliphatic rings. The van der Waals surface area contributed by atoms with Gasteiger partial charge in [0.1, 0.15) is 5.75 Å². The van der Waals surface area contributed by atoms with Gasteiger partial charge in [0.25, 0.3) is 5.56 Å². The van der Waals surface area contributed by atoms with Crippen LogP contribution in [0.15, 0.2) is 58.1 Å². The van der Waals surface area contributed by atoms with Gasteiger partial charge in [-0.15, -0.1) is 0 Å². The van der Waals surface area contributed by atoms with Crippen molar-refractivity contribution >= 4 is 28.7 Å². The summed E-state index contributed by atoms with van der Waals surface area (Å²) in [5, 5.41) is 13.4. The Morgan fingerprint density at radius 2 is 1.61 bits per heavy atom. The fourth-order valence-electron chi connectivity index (χ4n) is 3.49. The van der Waals surface area contributed by atoms with E-state index in [0.29, 0.717) is 41.6 Å². The molecule has 0 amide bonds. The molecule has 9 heteroatoms. The molecular weight excluding hydrogens is 418 g/mol. The third-order valence-corrected chi connectivity index (χ3v) is 5.49. The third-order valence-electron chi connectivity index (χ3n) is 5.24. The van der Waals surface area contributed by atoms with E-state index in [2.05, 4.69) is 10.3 Å². The highest BCUT2D eigenvalue weighted by Crippen LogP contribution is 2.19. The summed E-state index contributed by atoms with van der Waals surface area (Å²) >= 11 is 6.00. The fraction of sp³-hybridized carbons (Fsp3) is 0.227. The second kappa shape index (κ2) is 8.31. The maximum atomic E-state index is 12.9. The lowest BCUT2D eigenvalue weighted by atomic mass is 10.1. The van der Waals surface area contributed by atoms with Crippen molar-refractivity contribution in [1.82, 2.24) is 18.7 Å². The largest absolute Gasteiger partial charge is 0.508 e. The molecule has 0 bridgehead atoms. The molecule has 4 rings (SSSR count). The van der Waals surface area contributed by atoms with E-state index in [1.165, 1.54) is 11.6 Å². The summed E-state index contributed by atoms with van der Waals surface area (Å²) in [5.41, 5.74) is 1.85. The Labute approximate surface area is 183 Å². The first-order chi connectivity index (χ1) is 14.8. The Morgan fingerprint density at radius 1 is 0.968 bits per heavy atom. The van der Waals surface area contributed by atoms with Crippen LogP contribution in [0, 0.1) is 0 Å². The second-order valence-electron chi connectivity index (χ2n) is 7.37. The van der Waals surface area contributed by atoms with Gasteiger partial charge in [-0.3, -0.25) is 18.5 Å². The molecule has 0 aliphatic carbocycles. The lowest BCUT2D eigenvalue weighted by molar-refractivity contribution is 0.475. The SMILES string of the molecule is Cn1c(=O)c2c(nc(NCCc3ccc(O)cc3)n2Cc2ccc(Cl)cc2)n(C)c1=O. The average Bonchev–Trinajstić information content (AvgIpc) is 3.12. The van der Waals surface area contributed by atoms with Crippen molar-refractivity contribution in [3.05, 3.63) is 85.5 Å².